The molecule has 1 aliphatic heterocycles. The summed E-state index contributed by atoms with van der Waals surface area (Å²) >= 11 is 0. The van der Waals surface area contributed by atoms with Crippen molar-refractivity contribution in [1.82, 2.24) is 15.1 Å². The van der Waals surface area contributed by atoms with Crippen LogP contribution in [0.3, 0.4) is 0 Å². The number of piperazine rings is 1. The Morgan fingerprint density at radius 2 is 1.64 bits per heavy atom. The second-order valence-electron chi connectivity index (χ2n) is 7.63. The number of hydrogen-bond donors (Lipinski definition) is 1. The minimum Gasteiger partial charge on any atom is -0.444 e. The van der Waals surface area contributed by atoms with Gasteiger partial charge in [-0.3, -0.25) is 9.59 Å². The molecule has 0 aromatic heterocycles. The molecule has 0 aliphatic carbocycles. The Kier molecular flexibility index (Phi) is 7.61. The van der Waals surface area contributed by atoms with Crippen LogP contribution in [0.1, 0.15) is 32.8 Å². The Balaban J connectivity index is 1.69. The third kappa shape index (κ3) is 7.42. The molecule has 1 aromatic carbocycles. The van der Waals surface area contributed by atoms with Crippen LogP contribution in [0.15, 0.2) is 36.4 Å². The van der Waals surface area contributed by atoms with Gasteiger partial charge in [-0.25, -0.2) is 4.79 Å². The summed E-state index contributed by atoms with van der Waals surface area (Å²) in [5.74, 6) is -0.0921. The van der Waals surface area contributed by atoms with Crippen molar-refractivity contribution in [3.05, 3.63) is 42.0 Å². The van der Waals surface area contributed by atoms with E-state index in [1.54, 1.807) is 42.7 Å². The maximum atomic E-state index is 12.3. The molecular formula is C21H29N3O4. The lowest BCUT2D eigenvalue weighted by Gasteiger charge is -2.34. The lowest BCUT2D eigenvalue weighted by molar-refractivity contribution is -0.137. The molecule has 0 atom stereocenters. The lowest BCUT2D eigenvalue weighted by Crippen LogP contribution is -2.50. The smallest absolute Gasteiger partial charge is 0.407 e. The molecular weight excluding hydrogens is 358 g/mol. The van der Waals surface area contributed by atoms with Crippen molar-refractivity contribution in [2.45, 2.75) is 32.8 Å². The maximum absolute atomic E-state index is 12.3. The van der Waals surface area contributed by atoms with E-state index in [-0.39, 0.29) is 24.8 Å². The molecule has 7 nitrogen and oxygen atoms in total. The van der Waals surface area contributed by atoms with Crippen LogP contribution in [-0.4, -0.2) is 66.0 Å². The molecule has 0 spiro atoms. The minimum absolute atomic E-state index is 0.0389. The van der Waals surface area contributed by atoms with Crippen LogP contribution >= 0.6 is 0 Å². The number of hydrogen-bond acceptors (Lipinski definition) is 4. The quantitative estimate of drug-likeness (QED) is 0.786. The van der Waals surface area contributed by atoms with Gasteiger partial charge < -0.3 is 19.9 Å². The van der Waals surface area contributed by atoms with Crippen molar-refractivity contribution in [2.75, 3.05) is 32.7 Å². The number of amides is 3. The highest BCUT2D eigenvalue weighted by atomic mass is 16.6. The fraction of sp³-hybridized carbons (Fsp3) is 0.476. The van der Waals surface area contributed by atoms with E-state index in [2.05, 4.69) is 5.32 Å². The first-order valence-electron chi connectivity index (χ1n) is 9.51. The van der Waals surface area contributed by atoms with E-state index in [0.29, 0.717) is 26.2 Å². The first-order chi connectivity index (χ1) is 13.2. The fourth-order valence-corrected chi connectivity index (χ4v) is 2.76. The molecule has 7 heteroatoms. The number of benzene rings is 1. The number of nitrogens with one attached hydrogen (secondary N) is 1. The van der Waals surface area contributed by atoms with Crippen LogP contribution in [0.4, 0.5) is 4.79 Å². The fourth-order valence-electron chi connectivity index (χ4n) is 2.76. The van der Waals surface area contributed by atoms with Crippen LogP contribution < -0.4 is 5.32 Å². The topological polar surface area (TPSA) is 79.0 Å². The summed E-state index contributed by atoms with van der Waals surface area (Å²) in [4.78, 5) is 39.6. The van der Waals surface area contributed by atoms with Crippen molar-refractivity contribution >= 4 is 24.0 Å². The summed E-state index contributed by atoms with van der Waals surface area (Å²) in [5, 5.41) is 2.59. The van der Waals surface area contributed by atoms with Gasteiger partial charge in [-0.1, -0.05) is 30.3 Å². The Morgan fingerprint density at radius 1 is 1.04 bits per heavy atom. The van der Waals surface area contributed by atoms with E-state index in [0.717, 1.165) is 5.56 Å². The normalized spacial score (nSPS) is 14.8. The van der Waals surface area contributed by atoms with Gasteiger partial charge in [-0.05, 0) is 32.4 Å². The maximum Gasteiger partial charge on any atom is 0.407 e. The number of rotatable bonds is 5. The van der Waals surface area contributed by atoms with Gasteiger partial charge in [0.05, 0.1) is 0 Å². The van der Waals surface area contributed by atoms with Crippen LogP contribution in [-0.2, 0) is 14.3 Å². The molecule has 1 aromatic rings. The van der Waals surface area contributed by atoms with Crippen molar-refractivity contribution in [1.29, 1.82) is 0 Å². The summed E-state index contributed by atoms with van der Waals surface area (Å²) in [6, 6.07) is 9.65. The average molecular weight is 387 g/mol. The minimum atomic E-state index is -0.564. The molecule has 28 heavy (non-hydrogen) atoms. The third-order valence-electron chi connectivity index (χ3n) is 4.17. The molecule has 1 heterocycles. The zero-order valence-corrected chi connectivity index (χ0v) is 16.8. The second-order valence-corrected chi connectivity index (χ2v) is 7.63. The number of ether oxygens (including phenoxy) is 1. The van der Waals surface area contributed by atoms with Crippen molar-refractivity contribution in [2.24, 2.45) is 0 Å². The first kappa shape index (κ1) is 21.5. The molecule has 0 radical (unpaired) electrons. The lowest BCUT2D eigenvalue weighted by atomic mass is 10.2. The van der Waals surface area contributed by atoms with E-state index < -0.39 is 11.7 Å². The van der Waals surface area contributed by atoms with Crippen LogP contribution in [0, 0.1) is 0 Å². The standard InChI is InChI=1S/C21H29N3O4/c1-21(2,3)28-20(27)22-12-11-19(26)24-15-13-23(14-16-24)18(25)10-9-17-7-5-4-6-8-17/h4-10H,11-16H2,1-3H3,(H,22,27)/b10-9+. The molecule has 1 fully saturated rings. The van der Waals surface area contributed by atoms with Crippen molar-refractivity contribution in [3.63, 3.8) is 0 Å². The molecule has 0 saturated carbocycles. The zero-order valence-electron chi connectivity index (χ0n) is 16.8. The van der Waals surface area contributed by atoms with E-state index in [1.807, 2.05) is 30.3 Å². The Morgan fingerprint density at radius 3 is 2.25 bits per heavy atom. The van der Waals surface area contributed by atoms with E-state index in [9.17, 15) is 14.4 Å². The van der Waals surface area contributed by atoms with Crippen molar-refractivity contribution in [3.8, 4) is 0 Å². The molecule has 0 unspecified atom stereocenters. The predicted molar refractivity (Wildman–Crippen MR) is 107 cm³/mol. The van der Waals surface area contributed by atoms with Gasteiger partial charge in [0.2, 0.25) is 11.8 Å². The van der Waals surface area contributed by atoms with E-state index >= 15 is 0 Å². The van der Waals surface area contributed by atoms with E-state index in [1.165, 1.54) is 0 Å². The summed E-state index contributed by atoms with van der Waals surface area (Å²) < 4.78 is 5.13. The van der Waals surface area contributed by atoms with Crippen LogP contribution in [0.25, 0.3) is 6.08 Å². The highest BCUT2D eigenvalue weighted by Crippen LogP contribution is 2.08. The van der Waals surface area contributed by atoms with Crippen molar-refractivity contribution < 1.29 is 19.1 Å². The molecule has 1 aliphatic rings. The monoisotopic (exact) mass is 387 g/mol. The highest BCUT2D eigenvalue weighted by molar-refractivity contribution is 5.92. The van der Waals surface area contributed by atoms with Gasteiger partial charge in [0, 0.05) is 45.2 Å². The Labute approximate surface area is 166 Å². The number of carbonyl (C=O) groups is 3. The second kappa shape index (κ2) is 9.92. The third-order valence-corrected chi connectivity index (χ3v) is 4.17. The van der Waals surface area contributed by atoms with Gasteiger partial charge >= 0.3 is 6.09 Å². The van der Waals surface area contributed by atoms with Crippen LogP contribution in [0.2, 0.25) is 0 Å². The molecule has 1 saturated heterocycles. The largest absolute Gasteiger partial charge is 0.444 e. The van der Waals surface area contributed by atoms with Crippen LogP contribution in [0.5, 0.6) is 0 Å². The highest BCUT2D eigenvalue weighted by Gasteiger charge is 2.23. The summed E-state index contributed by atoms with van der Waals surface area (Å²) in [7, 11) is 0. The van der Waals surface area contributed by atoms with E-state index in [4.69, 9.17) is 4.74 Å². The Bertz CT molecular complexity index is 702. The summed E-state index contributed by atoms with van der Waals surface area (Å²) in [6.45, 7) is 7.58. The molecule has 0 bridgehead atoms. The van der Waals surface area contributed by atoms with Gasteiger partial charge in [0.15, 0.2) is 0 Å². The molecule has 152 valence electrons. The predicted octanol–water partition coefficient (Wildman–Crippen LogP) is 2.29. The van der Waals surface area contributed by atoms with Gasteiger partial charge in [0.1, 0.15) is 5.60 Å². The molecule has 2 rings (SSSR count). The van der Waals surface area contributed by atoms with Gasteiger partial charge in [-0.15, -0.1) is 0 Å². The first-order valence-corrected chi connectivity index (χ1v) is 9.51. The average Bonchev–Trinajstić information content (AvgIpc) is 2.65. The zero-order chi connectivity index (χ0) is 20.6. The molecule has 3 amide bonds. The SMILES string of the molecule is CC(C)(C)OC(=O)NCCC(=O)N1CCN(C(=O)/C=C/c2ccccc2)CC1. The Hall–Kier alpha value is -2.83. The summed E-state index contributed by atoms with van der Waals surface area (Å²) in [5.41, 5.74) is 0.411. The summed E-state index contributed by atoms with van der Waals surface area (Å²) in [6.07, 6.45) is 3.04. The number of carbonyl (C=O) groups excluding carboxylic acids is 3. The number of nitrogens with zero attached hydrogens (tertiary/aromatic N) is 2. The number of alkyl carbamates (subject to hydrolysis) is 1. The van der Waals surface area contributed by atoms with Gasteiger partial charge in [0.25, 0.3) is 0 Å². The molecule has 1 N–H and O–H groups in total. The van der Waals surface area contributed by atoms with Gasteiger partial charge in [-0.2, -0.15) is 0 Å².